The molecule has 1 rings (SSSR count). The molecular weight excluding hydrogens is 395 g/mol. The number of rotatable bonds is 5. The number of methoxy groups -OCH3 is 1. The number of carbonyl (C=O) groups excluding carboxylic acids is 1. The Morgan fingerprint density at radius 1 is 1.32 bits per heavy atom. The molecule has 1 aliphatic rings. The lowest BCUT2D eigenvalue weighted by Crippen LogP contribution is -2.49. The van der Waals surface area contributed by atoms with Crippen LogP contribution in [0.15, 0.2) is 4.99 Å². The van der Waals surface area contributed by atoms with Gasteiger partial charge in [0.2, 0.25) is 5.91 Å². The van der Waals surface area contributed by atoms with E-state index in [0.29, 0.717) is 25.0 Å². The lowest BCUT2D eigenvalue weighted by molar-refractivity contribution is -0.127. The van der Waals surface area contributed by atoms with Crippen LogP contribution in [0.3, 0.4) is 0 Å². The number of guanidine groups is 1. The fourth-order valence-electron chi connectivity index (χ4n) is 2.65. The third-order valence-corrected chi connectivity index (χ3v) is 3.62. The van der Waals surface area contributed by atoms with Crippen molar-refractivity contribution in [3.63, 3.8) is 0 Å². The monoisotopic (exact) mass is 426 g/mol. The molecule has 22 heavy (non-hydrogen) atoms. The number of aliphatic imine (C=N–C) groups is 1. The Kier molecular flexibility index (Phi) is 10.8. The zero-order chi connectivity index (χ0) is 15.8. The summed E-state index contributed by atoms with van der Waals surface area (Å²) in [6, 6.07) is 0. The number of piperidine rings is 1. The fourth-order valence-corrected chi connectivity index (χ4v) is 2.65. The van der Waals surface area contributed by atoms with E-state index in [2.05, 4.69) is 29.1 Å². The van der Waals surface area contributed by atoms with Gasteiger partial charge in [-0.3, -0.25) is 4.79 Å². The fraction of sp³-hybridized carbons (Fsp3) is 0.867. The summed E-state index contributed by atoms with van der Waals surface area (Å²) in [5.41, 5.74) is 0. The molecule has 6 nitrogen and oxygen atoms in total. The van der Waals surface area contributed by atoms with Crippen LogP contribution in [0.25, 0.3) is 0 Å². The van der Waals surface area contributed by atoms with E-state index in [1.54, 1.807) is 26.1 Å². The maximum atomic E-state index is 11.7. The van der Waals surface area contributed by atoms with Crippen molar-refractivity contribution in [2.24, 2.45) is 16.8 Å². The average Bonchev–Trinajstić information content (AvgIpc) is 2.41. The molecule has 0 aromatic heterocycles. The van der Waals surface area contributed by atoms with Crippen LogP contribution in [0, 0.1) is 11.8 Å². The first-order chi connectivity index (χ1) is 9.93. The molecular formula is C15H31IN4O2. The summed E-state index contributed by atoms with van der Waals surface area (Å²) < 4.78 is 5.07. The van der Waals surface area contributed by atoms with Crippen molar-refractivity contribution in [1.82, 2.24) is 15.1 Å². The summed E-state index contributed by atoms with van der Waals surface area (Å²) >= 11 is 0. The molecule has 1 fully saturated rings. The molecule has 1 saturated heterocycles. The molecule has 0 aromatic rings. The predicted molar refractivity (Wildman–Crippen MR) is 101 cm³/mol. The van der Waals surface area contributed by atoms with Crippen LogP contribution >= 0.6 is 24.0 Å². The largest absolute Gasteiger partial charge is 0.383 e. The molecule has 0 aromatic carbocycles. The summed E-state index contributed by atoms with van der Waals surface area (Å²) in [6.45, 7) is 8.01. The smallest absolute Gasteiger partial charge is 0.243 e. The number of nitrogens with one attached hydrogen (secondary N) is 1. The molecule has 1 amide bonds. The lowest BCUT2D eigenvalue weighted by Gasteiger charge is -2.37. The minimum Gasteiger partial charge on any atom is -0.383 e. The second kappa shape index (κ2) is 11.0. The second-order valence-corrected chi connectivity index (χ2v) is 6.20. The van der Waals surface area contributed by atoms with Crippen molar-refractivity contribution in [2.75, 3.05) is 54.0 Å². The van der Waals surface area contributed by atoms with Crippen molar-refractivity contribution in [1.29, 1.82) is 0 Å². The Hall–Kier alpha value is -0.570. The summed E-state index contributed by atoms with van der Waals surface area (Å²) in [4.78, 5) is 20.1. The SMILES string of the molecule is COCCNC(=NCC(=O)N(C)C)N1CC(C)CC(C)C1.I. The first-order valence-corrected chi connectivity index (χ1v) is 7.66. The maximum Gasteiger partial charge on any atom is 0.243 e. The molecule has 0 spiro atoms. The molecule has 0 saturated carbocycles. The Balaban J connectivity index is 0.00000441. The molecule has 1 heterocycles. The minimum absolute atomic E-state index is 0. The lowest BCUT2D eigenvalue weighted by atomic mass is 9.92. The summed E-state index contributed by atoms with van der Waals surface area (Å²) in [7, 11) is 5.18. The number of halogens is 1. The molecule has 2 atom stereocenters. The number of nitrogens with zero attached hydrogens (tertiary/aromatic N) is 3. The van der Waals surface area contributed by atoms with E-state index in [4.69, 9.17) is 4.74 Å². The van der Waals surface area contributed by atoms with Crippen molar-refractivity contribution < 1.29 is 9.53 Å². The first-order valence-electron chi connectivity index (χ1n) is 7.66. The normalized spacial score (nSPS) is 22.0. The molecule has 130 valence electrons. The zero-order valence-corrected chi connectivity index (χ0v) is 16.8. The second-order valence-electron chi connectivity index (χ2n) is 6.20. The number of likely N-dealkylation sites (tertiary alicyclic amines) is 1. The summed E-state index contributed by atoms with van der Waals surface area (Å²) in [6.07, 6.45) is 1.25. The van der Waals surface area contributed by atoms with Gasteiger partial charge in [0.25, 0.3) is 0 Å². The van der Waals surface area contributed by atoms with Gasteiger partial charge < -0.3 is 19.9 Å². The number of ether oxygens (including phenoxy) is 1. The van der Waals surface area contributed by atoms with Gasteiger partial charge in [0.05, 0.1) is 6.61 Å². The quantitative estimate of drug-likeness (QED) is 0.311. The molecule has 0 bridgehead atoms. The number of hydrogen-bond acceptors (Lipinski definition) is 3. The Labute approximate surface area is 151 Å². The first kappa shape index (κ1) is 21.4. The van der Waals surface area contributed by atoms with Crippen LogP contribution in [-0.2, 0) is 9.53 Å². The molecule has 0 aliphatic carbocycles. The minimum atomic E-state index is 0. The van der Waals surface area contributed by atoms with Gasteiger partial charge >= 0.3 is 0 Å². The standard InChI is InChI=1S/C15H30N4O2.HI/c1-12-8-13(2)11-19(10-12)15(16-6-7-21-5)17-9-14(20)18(3)4;/h12-13H,6-11H2,1-5H3,(H,16,17);1H. The predicted octanol–water partition coefficient (Wildman–Crippen LogP) is 1.26. The molecule has 1 aliphatic heterocycles. The van der Waals surface area contributed by atoms with Gasteiger partial charge in [-0.2, -0.15) is 0 Å². The highest BCUT2D eigenvalue weighted by atomic mass is 127. The molecule has 0 radical (unpaired) electrons. The summed E-state index contributed by atoms with van der Waals surface area (Å²) in [5.74, 6) is 2.13. The zero-order valence-electron chi connectivity index (χ0n) is 14.5. The van der Waals surface area contributed by atoms with E-state index < -0.39 is 0 Å². The molecule has 1 N–H and O–H groups in total. The van der Waals surface area contributed by atoms with Crippen LogP contribution in [0.1, 0.15) is 20.3 Å². The third-order valence-electron chi connectivity index (χ3n) is 3.62. The van der Waals surface area contributed by atoms with E-state index in [1.807, 2.05) is 0 Å². The number of hydrogen-bond donors (Lipinski definition) is 1. The Morgan fingerprint density at radius 2 is 1.91 bits per heavy atom. The van der Waals surface area contributed by atoms with Crippen molar-refractivity contribution in [2.45, 2.75) is 20.3 Å². The topological polar surface area (TPSA) is 57.2 Å². The van der Waals surface area contributed by atoms with Gasteiger partial charge in [-0.15, -0.1) is 24.0 Å². The van der Waals surface area contributed by atoms with Gasteiger partial charge in [-0.05, 0) is 18.3 Å². The number of carbonyl (C=O) groups is 1. The number of amides is 1. The highest BCUT2D eigenvalue weighted by Crippen LogP contribution is 2.20. The van der Waals surface area contributed by atoms with Gasteiger partial charge in [0.15, 0.2) is 5.96 Å². The Bertz CT molecular complexity index is 353. The molecule has 2 unspecified atom stereocenters. The Morgan fingerprint density at radius 3 is 2.41 bits per heavy atom. The number of likely N-dealkylation sites (N-methyl/N-ethyl adjacent to an activating group) is 1. The van der Waals surface area contributed by atoms with Crippen LogP contribution < -0.4 is 5.32 Å². The van der Waals surface area contributed by atoms with Gasteiger partial charge in [-0.25, -0.2) is 4.99 Å². The van der Waals surface area contributed by atoms with Crippen LogP contribution in [0.4, 0.5) is 0 Å². The van der Waals surface area contributed by atoms with Gasteiger partial charge in [0.1, 0.15) is 6.54 Å². The van der Waals surface area contributed by atoms with E-state index in [1.165, 1.54) is 6.42 Å². The van der Waals surface area contributed by atoms with Crippen LogP contribution in [0.2, 0.25) is 0 Å². The van der Waals surface area contributed by atoms with E-state index in [9.17, 15) is 4.79 Å². The summed E-state index contributed by atoms with van der Waals surface area (Å²) in [5, 5.41) is 3.31. The van der Waals surface area contributed by atoms with Crippen LogP contribution in [-0.4, -0.2) is 75.7 Å². The third kappa shape index (κ3) is 7.62. The van der Waals surface area contributed by atoms with Crippen molar-refractivity contribution in [3.8, 4) is 0 Å². The van der Waals surface area contributed by atoms with E-state index in [-0.39, 0.29) is 36.4 Å². The van der Waals surface area contributed by atoms with Gasteiger partial charge in [0, 0.05) is 40.8 Å². The highest BCUT2D eigenvalue weighted by molar-refractivity contribution is 14.0. The van der Waals surface area contributed by atoms with Crippen LogP contribution in [0.5, 0.6) is 0 Å². The van der Waals surface area contributed by atoms with Gasteiger partial charge in [-0.1, -0.05) is 13.8 Å². The van der Waals surface area contributed by atoms with E-state index >= 15 is 0 Å². The van der Waals surface area contributed by atoms with Crippen molar-refractivity contribution in [3.05, 3.63) is 0 Å². The van der Waals surface area contributed by atoms with Crippen molar-refractivity contribution >= 4 is 35.8 Å². The maximum absolute atomic E-state index is 11.7. The highest BCUT2D eigenvalue weighted by Gasteiger charge is 2.24. The average molecular weight is 426 g/mol. The van der Waals surface area contributed by atoms with E-state index in [0.717, 1.165) is 19.0 Å². The molecule has 7 heteroatoms.